The molecule has 3 aromatic rings. The molecule has 0 spiro atoms. The first-order valence-corrected chi connectivity index (χ1v) is 7.81. The van der Waals surface area contributed by atoms with Crippen LogP contribution in [0, 0.1) is 5.82 Å². The summed E-state index contributed by atoms with van der Waals surface area (Å²) in [6, 6.07) is 14.0. The molecule has 0 aliphatic carbocycles. The maximum Gasteiger partial charge on any atom is 0.252 e. The van der Waals surface area contributed by atoms with Crippen LogP contribution in [0.1, 0.15) is 11.1 Å². The Kier molecular flexibility index (Phi) is 4.91. The standard InChI is InChI=1S/C19H19FN2O2/c1-24-17-6-5-14-10-15(19(23)22-18(14)11-17)12-21-8-7-13-3-2-4-16(20)9-13/h2-6,9-11,21H,7-8,12H2,1H3,(H,22,23). The summed E-state index contributed by atoms with van der Waals surface area (Å²) in [5, 5.41) is 4.19. The molecule has 5 heteroatoms. The van der Waals surface area contributed by atoms with Gasteiger partial charge in [-0.1, -0.05) is 12.1 Å². The molecule has 124 valence electrons. The number of pyridine rings is 1. The molecule has 0 bridgehead atoms. The van der Waals surface area contributed by atoms with Crippen LogP contribution in [0.15, 0.2) is 53.3 Å². The van der Waals surface area contributed by atoms with Crippen LogP contribution in [0.25, 0.3) is 10.9 Å². The Bertz CT molecular complexity index is 905. The lowest BCUT2D eigenvalue weighted by atomic mass is 10.1. The minimum Gasteiger partial charge on any atom is -0.497 e. The number of hydrogen-bond acceptors (Lipinski definition) is 3. The Morgan fingerprint density at radius 1 is 1.17 bits per heavy atom. The molecule has 0 saturated carbocycles. The van der Waals surface area contributed by atoms with Gasteiger partial charge in [-0.25, -0.2) is 4.39 Å². The predicted octanol–water partition coefficient (Wildman–Crippen LogP) is 3.01. The van der Waals surface area contributed by atoms with Crippen LogP contribution in [0.3, 0.4) is 0 Å². The number of aromatic nitrogens is 1. The zero-order chi connectivity index (χ0) is 16.9. The summed E-state index contributed by atoms with van der Waals surface area (Å²) in [4.78, 5) is 15.0. The van der Waals surface area contributed by atoms with Gasteiger partial charge in [0.1, 0.15) is 11.6 Å². The van der Waals surface area contributed by atoms with Crippen LogP contribution in [0.2, 0.25) is 0 Å². The molecule has 2 aromatic carbocycles. The molecule has 2 N–H and O–H groups in total. The van der Waals surface area contributed by atoms with E-state index in [4.69, 9.17) is 4.74 Å². The highest BCUT2D eigenvalue weighted by atomic mass is 19.1. The van der Waals surface area contributed by atoms with Gasteiger partial charge in [0.05, 0.1) is 12.6 Å². The average Bonchev–Trinajstić information content (AvgIpc) is 2.58. The number of H-pyrrole nitrogens is 1. The molecule has 1 heterocycles. The van der Waals surface area contributed by atoms with Gasteiger partial charge in [-0.2, -0.15) is 0 Å². The monoisotopic (exact) mass is 326 g/mol. The Morgan fingerprint density at radius 3 is 2.83 bits per heavy atom. The van der Waals surface area contributed by atoms with E-state index in [1.54, 1.807) is 19.2 Å². The van der Waals surface area contributed by atoms with Crippen LogP contribution in [0.4, 0.5) is 4.39 Å². The smallest absolute Gasteiger partial charge is 0.252 e. The normalized spacial score (nSPS) is 10.9. The molecule has 0 radical (unpaired) electrons. The summed E-state index contributed by atoms with van der Waals surface area (Å²) in [7, 11) is 1.59. The number of rotatable bonds is 6. The summed E-state index contributed by atoms with van der Waals surface area (Å²) in [6.45, 7) is 1.14. The second-order valence-electron chi connectivity index (χ2n) is 5.63. The van der Waals surface area contributed by atoms with Crippen LogP contribution >= 0.6 is 0 Å². The second-order valence-corrected chi connectivity index (χ2v) is 5.63. The van der Waals surface area contributed by atoms with Gasteiger partial charge in [-0.15, -0.1) is 0 Å². The molecule has 0 aliphatic heterocycles. The van der Waals surface area contributed by atoms with Crippen molar-refractivity contribution >= 4 is 10.9 Å². The van der Waals surface area contributed by atoms with Crippen LogP contribution < -0.4 is 15.6 Å². The summed E-state index contributed by atoms with van der Waals surface area (Å²) in [5.74, 6) is 0.480. The van der Waals surface area contributed by atoms with Crippen molar-refractivity contribution in [2.45, 2.75) is 13.0 Å². The topological polar surface area (TPSA) is 54.1 Å². The Balaban J connectivity index is 1.64. The van der Waals surface area contributed by atoms with E-state index in [0.29, 0.717) is 30.8 Å². The summed E-state index contributed by atoms with van der Waals surface area (Å²) in [5.41, 5.74) is 2.24. The van der Waals surface area contributed by atoms with Gasteiger partial charge < -0.3 is 15.0 Å². The molecule has 0 saturated heterocycles. The number of fused-ring (bicyclic) bond motifs is 1. The Labute approximate surface area is 139 Å². The van der Waals surface area contributed by atoms with E-state index in [1.807, 2.05) is 24.3 Å². The van der Waals surface area contributed by atoms with Crippen molar-refractivity contribution in [3.63, 3.8) is 0 Å². The SMILES string of the molecule is COc1ccc2cc(CNCCc3cccc(F)c3)c(=O)[nH]c2c1. The van der Waals surface area contributed by atoms with E-state index in [0.717, 1.165) is 16.5 Å². The number of aromatic amines is 1. The minimum atomic E-state index is -0.228. The van der Waals surface area contributed by atoms with E-state index < -0.39 is 0 Å². The first-order chi connectivity index (χ1) is 11.7. The third kappa shape index (κ3) is 3.81. The number of nitrogens with one attached hydrogen (secondary N) is 2. The van der Waals surface area contributed by atoms with E-state index in [-0.39, 0.29) is 11.4 Å². The zero-order valence-corrected chi connectivity index (χ0v) is 13.4. The van der Waals surface area contributed by atoms with Gasteiger partial charge >= 0.3 is 0 Å². The number of methoxy groups -OCH3 is 1. The molecule has 0 atom stereocenters. The van der Waals surface area contributed by atoms with Crippen LogP contribution in [-0.4, -0.2) is 18.6 Å². The molecular weight excluding hydrogens is 307 g/mol. The van der Waals surface area contributed by atoms with Crippen molar-refractivity contribution in [2.75, 3.05) is 13.7 Å². The van der Waals surface area contributed by atoms with Crippen LogP contribution in [0.5, 0.6) is 5.75 Å². The van der Waals surface area contributed by atoms with E-state index in [1.165, 1.54) is 12.1 Å². The fourth-order valence-electron chi connectivity index (χ4n) is 2.63. The lowest BCUT2D eigenvalue weighted by Crippen LogP contribution is -2.22. The maximum atomic E-state index is 13.1. The van der Waals surface area contributed by atoms with Crippen molar-refractivity contribution in [3.05, 3.63) is 75.8 Å². The van der Waals surface area contributed by atoms with Gasteiger partial charge in [-0.05, 0) is 54.2 Å². The number of hydrogen-bond donors (Lipinski definition) is 2. The summed E-state index contributed by atoms with van der Waals surface area (Å²) < 4.78 is 18.3. The van der Waals surface area contributed by atoms with Crippen molar-refractivity contribution < 1.29 is 9.13 Å². The fourth-order valence-corrected chi connectivity index (χ4v) is 2.63. The van der Waals surface area contributed by atoms with Crippen molar-refractivity contribution in [2.24, 2.45) is 0 Å². The Hall–Kier alpha value is -2.66. The molecule has 0 unspecified atom stereocenters. The lowest BCUT2D eigenvalue weighted by Gasteiger charge is -2.07. The van der Waals surface area contributed by atoms with Crippen molar-refractivity contribution in [3.8, 4) is 5.75 Å². The number of ether oxygens (including phenoxy) is 1. The quantitative estimate of drug-likeness (QED) is 0.685. The number of benzene rings is 2. The van der Waals surface area contributed by atoms with Crippen molar-refractivity contribution in [1.82, 2.24) is 10.3 Å². The van der Waals surface area contributed by atoms with Gasteiger partial charge in [0.15, 0.2) is 0 Å². The summed E-state index contributed by atoms with van der Waals surface area (Å²) >= 11 is 0. The van der Waals surface area contributed by atoms with Crippen molar-refractivity contribution in [1.29, 1.82) is 0 Å². The Morgan fingerprint density at radius 2 is 2.04 bits per heavy atom. The van der Waals surface area contributed by atoms with Gasteiger partial charge in [-0.3, -0.25) is 4.79 Å². The average molecular weight is 326 g/mol. The molecule has 0 fully saturated rings. The predicted molar refractivity (Wildman–Crippen MR) is 92.9 cm³/mol. The third-order valence-corrected chi connectivity index (χ3v) is 3.92. The molecule has 1 aromatic heterocycles. The van der Waals surface area contributed by atoms with Crippen LogP contribution in [-0.2, 0) is 13.0 Å². The molecule has 0 amide bonds. The van der Waals surface area contributed by atoms with E-state index in [9.17, 15) is 9.18 Å². The highest BCUT2D eigenvalue weighted by Crippen LogP contribution is 2.18. The third-order valence-electron chi connectivity index (χ3n) is 3.92. The molecule has 4 nitrogen and oxygen atoms in total. The largest absolute Gasteiger partial charge is 0.497 e. The highest BCUT2D eigenvalue weighted by Gasteiger charge is 2.04. The second kappa shape index (κ2) is 7.27. The molecule has 24 heavy (non-hydrogen) atoms. The molecule has 3 rings (SSSR count). The first-order valence-electron chi connectivity index (χ1n) is 7.81. The summed E-state index contributed by atoms with van der Waals surface area (Å²) in [6.07, 6.45) is 0.709. The fraction of sp³-hybridized carbons (Fsp3) is 0.211. The molecule has 0 aliphatic rings. The highest BCUT2D eigenvalue weighted by molar-refractivity contribution is 5.80. The van der Waals surface area contributed by atoms with Gasteiger partial charge in [0, 0.05) is 18.2 Å². The van der Waals surface area contributed by atoms with E-state index >= 15 is 0 Å². The molecular formula is C19H19FN2O2. The van der Waals surface area contributed by atoms with Gasteiger partial charge in [0.2, 0.25) is 0 Å². The maximum absolute atomic E-state index is 13.1. The first kappa shape index (κ1) is 16.2. The zero-order valence-electron chi connectivity index (χ0n) is 13.4. The number of halogens is 1. The lowest BCUT2D eigenvalue weighted by molar-refractivity contribution is 0.415. The van der Waals surface area contributed by atoms with Gasteiger partial charge in [0.25, 0.3) is 5.56 Å². The minimum absolute atomic E-state index is 0.117. The van der Waals surface area contributed by atoms with E-state index in [2.05, 4.69) is 10.3 Å².